The second-order valence-corrected chi connectivity index (χ2v) is 6.45. The lowest BCUT2D eigenvalue weighted by Gasteiger charge is -2.10. The molecule has 0 aliphatic rings. The Labute approximate surface area is 173 Å². The predicted molar refractivity (Wildman–Crippen MR) is 111 cm³/mol. The summed E-state index contributed by atoms with van der Waals surface area (Å²) in [6.45, 7) is 3.77. The summed E-state index contributed by atoms with van der Waals surface area (Å²) in [6.07, 6.45) is 4.83. The van der Waals surface area contributed by atoms with Crippen LogP contribution in [0.3, 0.4) is 0 Å². The Morgan fingerprint density at radius 3 is 2.93 bits per heavy atom. The molecule has 3 heterocycles. The number of fused-ring (bicyclic) bond motifs is 1. The molecular weight excluding hydrogens is 384 g/mol. The van der Waals surface area contributed by atoms with Crippen molar-refractivity contribution in [3.05, 3.63) is 66.5 Å². The summed E-state index contributed by atoms with van der Waals surface area (Å²) in [5.74, 6) is 1.87. The molecule has 9 nitrogen and oxygen atoms in total. The largest absolute Gasteiger partial charge is 0.493 e. The van der Waals surface area contributed by atoms with E-state index in [0.29, 0.717) is 49.0 Å². The average Bonchev–Trinajstić information content (AvgIpc) is 3.43. The topological polar surface area (TPSA) is 107 Å². The molecule has 0 unspecified atom stereocenters. The Hall–Kier alpha value is -3.88. The van der Waals surface area contributed by atoms with Gasteiger partial charge in [0.2, 0.25) is 0 Å². The van der Waals surface area contributed by atoms with Crippen LogP contribution in [0.25, 0.3) is 11.0 Å². The van der Waals surface area contributed by atoms with Crippen LogP contribution >= 0.6 is 0 Å². The quantitative estimate of drug-likeness (QED) is 0.440. The minimum atomic E-state index is -0.189. The van der Waals surface area contributed by atoms with E-state index in [4.69, 9.17) is 9.15 Å². The Balaban J connectivity index is 1.40. The first-order valence-electron chi connectivity index (χ1n) is 9.69. The third-order valence-corrected chi connectivity index (χ3v) is 4.48. The van der Waals surface area contributed by atoms with Gasteiger partial charge in [-0.2, -0.15) is 5.10 Å². The third-order valence-electron chi connectivity index (χ3n) is 4.48. The molecule has 154 valence electrons. The van der Waals surface area contributed by atoms with Crippen molar-refractivity contribution >= 4 is 22.8 Å². The number of hydrogen-bond donors (Lipinski definition) is 2. The first-order valence-corrected chi connectivity index (χ1v) is 9.69. The second-order valence-electron chi connectivity index (χ2n) is 6.45. The van der Waals surface area contributed by atoms with Crippen LogP contribution in [-0.4, -0.2) is 38.8 Å². The van der Waals surface area contributed by atoms with Crippen LogP contribution in [0.4, 0.5) is 5.82 Å². The Kier molecular flexibility index (Phi) is 5.88. The molecule has 0 atom stereocenters. The molecule has 4 aromatic rings. The van der Waals surface area contributed by atoms with Crippen molar-refractivity contribution in [3.8, 4) is 5.75 Å². The normalized spacial score (nSPS) is 10.8. The lowest BCUT2D eigenvalue weighted by molar-refractivity contribution is 0.0948. The maximum absolute atomic E-state index is 12.5. The smallest absolute Gasteiger partial charge is 0.255 e. The fourth-order valence-electron chi connectivity index (χ4n) is 3.09. The van der Waals surface area contributed by atoms with E-state index in [-0.39, 0.29) is 5.91 Å². The molecule has 0 saturated heterocycles. The molecule has 4 rings (SSSR count). The zero-order valence-corrected chi connectivity index (χ0v) is 16.5. The van der Waals surface area contributed by atoms with Crippen molar-refractivity contribution in [2.24, 2.45) is 0 Å². The Morgan fingerprint density at radius 1 is 1.20 bits per heavy atom. The molecule has 9 heteroatoms. The van der Waals surface area contributed by atoms with E-state index in [9.17, 15) is 4.79 Å². The van der Waals surface area contributed by atoms with E-state index in [1.54, 1.807) is 29.3 Å². The van der Waals surface area contributed by atoms with E-state index in [2.05, 4.69) is 25.7 Å². The number of ether oxygens (including phenoxy) is 1. The number of aromatic nitrogens is 4. The van der Waals surface area contributed by atoms with Gasteiger partial charge in [-0.25, -0.2) is 14.6 Å². The van der Waals surface area contributed by atoms with Crippen LogP contribution in [0.5, 0.6) is 5.75 Å². The van der Waals surface area contributed by atoms with Gasteiger partial charge in [-0.1, -0.05) is 12.1 Å². The molecule has 3 aromatic heterocycles. The van der Waals surface area contributed by atoms with Gasteiger partial charge in [-0.3, -0.25) is 4.79 Å². The number of carbonyl (C=O) groups is 1. The molecular formula is C21H22N6O3. The van der Waals surface area contributed by atoms with Gasteiger partial charge in [0.1, 0.15) is 23.7 Å². The number of furan rings is 1. The third kappa shape index (κ3) is 4.24. The van der Waals surface area contributed by atoms with Gasteiger partial charge >= 0.3 is 0 Å². The summed E-state index contributed by atoms with van der Waals surface area (Å²) >= 11 is 0. The molecule has 1 amide bonds. The van der Waals surface area contributed by atoms with Gasteiger partial charge in [0.05, 0.1) is 43.1 Å². The van der Waals surface area contributed by atoms with Gasteiger partial charge < -0.3 is 19.8 Å². The van der Waals surface area contributed by atoms with Crippen molar-refractivity contribution in [1.29, 1.82) is 0 Å². The number of nitrogens with zero attached hydrogens (tertiary/aromatic N) is 4. The SMILES string of the molecule is CCOc1ccccc1C(=O)NCCn1ncc2c(NCc3ccco3)ncnc21. The number of anilines is 1. The van der Waals surface area contributed by atoms with E-state index in [0.717, 1.165) is 11.1 Å². The Bertz CT molecular complexity index is 1120. The molecule has 0 radical (unpaired) electrons. The van der Waals surface area contributed by atoms with Gasteiger partial charge in [0, 0.05) is 6.54 Å². The van der Waals surface area contributed by atoms with Gasteiger partial charge in [0.25, 0.3) is 5.91 Å². The zero-order valence-electron chi connectivity index (χ0n) is 16.5. The number of carbonyl (C=O) groups excluding carboxylic acids is 1. The molecule has 1 aromatic carbocycles. The molecule has 0 spiro atoms. The predicted octanol–water partition coefficient (Wildman–Crippen LogP) is 2.86. The van der Waals surface area contributed by atoms with E-state index in [1.807, 2.05) is 31.2 Å². The number of nitrogens with one attached hydrogen (secondary N) is 2. The highest BCUT2D eigenvalue weighted by atomic mass is 16.5. The first-order chi connectivity index (χ1) is 14.8. The lowest BCUT2D eigenvalue weighted by Crippen LogP contribution is -2.28. The van der Waals surface area contributed by atoms with Crippen LogP contribution in [0.15, 0.2) is 59.6 Å². The first kappa shape index (κ1) is 19.4. The monoisotopic (exact) mass is 406 g/mol. The highest BCUT2D eigenvalue weighted by Crippen LogP contribution is 2.20. The van der Waals surface area contributed by atoms with E-state index < -0.39 is 0 Å². The number of amides is 1. The number of rotatable bonds is 9. The highest BCUT2D eigenvalue weighted by Gasteiger charge is 2.13. The minimum Gasteiger partial charge on any atom is -0.493 e. The summed E-state index contributed by atoms with van der Waals surface area (Å²) in [6, 6.07) is 10.9. The molecule has 30 heavy (non-hydrogen) atoms. The highest BCUT2D eigenvalue weighted by molar-refractivity contribution is 5.96. The van der Waals surface area contributed by atoms with Gasteiger partial charge in [-0.15, -0.1) is 0 Å². The summed E-state index contributed by atoms with van der Waals surface area (Å²) in [5.41, 5.74) is 1.20. The molecule has 0 bridgehead atoms. The standard InChI is InChI=1S/C21H22N6O3/c1-2-29-18-8-4-3-7-16(18)21(28)22-9-10-27-20-17(13-26-27)19(24-14-25-20)23-12-15-6-5-11-30-15/h3-8,11,13-14H,2,9-10,12H2,1H3,(H,22,28)(H,23,24,25). The summed E-state index contributed by atoms with van der Waals surface area (Å²) in [4.78, 5) is 21.1. The maximum atomic E-state index is 12.5. The van der Waals surface area contributed by atoms with Crippen LogP contribution < -0.4 is 15.4 Å². The summed E-state index contributed by atoms with van der Waals surface area (Å²) < 4.78 is 12.6. The number of benzene rings is 1. The van der Waals surface area contributed by atoms with Crippen LogP contribution in [-0.2, 0) is 13.1 Å². The van der Waals surface area contributed by atoms with Crippen molar-refractivity contribution in [2.75, 3.05) is 18.5 Å². The lowest BCUT2D eigenvalue weighted by atomic mass is 10.2. The van der Waals surface area contributed by atoms with Crippen molar-refractivity contribution in [2.45, 2.75) is 20.0 Å². The minimum absolute atomic E-state index is 0.189. The van der Waals surface area contributed by atoms with Crippen LogP contribution in [0.2, 0.25) is 0 Å². The summed E-state index contributed by atoms with van der Waals surface area (Å²) in [7, 11) is 0. The number of para-hydroxylation sites is 1. The average molecular weight is 406 g/mol. The van der Waals surface area contributed by atoms with Crippen LogP contribution in [0, 0.1) is 0 Å². The fraction of sp³-hybridized carbons (Fsp3) is 0.238. The fourth-order valence-corrected chi connectivity index (χ4v) is 3.09. The van der Waals surface area contributed by atoms with Crippen molar-refractivity contribution in [1.82, 2.24) is 25.1 Å². The van der Waals surface area contributed by atoms with Crippen molar-refractivity contribution in [3.63, 3.8) is 0 Å². The molecule has 0 fully saturated rings. The zero-order chi connectivity index (χ0) is 20.8. The van der Waals surface area contributed by atoms with Crippen LogP contribution in [0.1, 0.15) is 23.0 Å². The number of hydrogen-bond acceptors (Lipinski definition) is 7. The molecule has 0 aliphatic carbocycles. The molecule has 2 N–H and O–H groups in total. The van der Waals surface area contributed by atoms with Crippen molar-refractivity contribution < 1.29 is 13.9 Å². The van der Waals surface area contributed by atoms with Gasteiger partial charge in [0.15, 0.2) is 5.65 Å². The molecule has 0 saturated carbocycles. The maximum Gasteiger partial charge on any atom is 0.255 e. The van der Waals surface area contributed by atoms with E-state index in [1.165, 1.54) is 6.33 Å². The second kappa shape index (κ2) is 9.08. The molecule has 0 aliphatic heterocycles. The van der Waals surface area contributed by atoms with Gasteiger partial charge in [-0.05, 0) is 31.2 Å². The van der Waals surface area contributed by atoms with E-state index >= 15 is 0 Å². The Morgan fingerprint density at radius 2 is 2.10 bits per heavy atom. The summed E-state index contributed by atoms with van der Waals surface area (Å²) in [5, 5.41) is 11.3.